The number of halogens is 3. The van der Waals surface area contributed by atoms with Crippen molar-refractivity contribution in [2.24, 2.45) is 7.05 Å². The highest BCUT2D eigenvalue weighted by atomic mass is 19.4. The molecular formula is C23H16F3N5O2. The predicted octanol–water partition coefficient (Wildman–Crippen LogP) is 4.53. The second-order valence-corrected chi connectivity index (χ2v) is 7.13. The van der Waals surface area contributed by atoms with E-state index in [2.05, 4.69) is 14.7 Å². The van der Waals surface area contributed by atoms with Crippen molar-refractivity contribution in [1.29, 1.82) is 5.26 Å². The highest BCUT2D eigenvalue weighted by Crippen LogP contribution is 2.31. The monoisotopic (exact) mass is 451 g/mol. The fourth-order valence-corrected chi connectivity index (χ4v) is 3.37. The molecule has 2 aromatic carbocycles. The molecule has 0 spiro atoms. The van der Waals surface area contributed by atoms with Crippen molar-refractivity contribution in [1.82, 2.24) is 14.5 Å². The summed E-state index contributed by atoms with van der Waals surface area (Å²) in [5.74, 6) is -0.0361. The zero-order chi connectivity index (χ0) is 23.8. The number of anilines is 2. The Labute approximate surface area is 185 Å². The Kier molecular flexibility index (Phi) is 5.47. The van der Waals surface area contributed by atoms with Gasteiger partial charge in [-0.2, -0.15) is 10.2 Å². The summed E-state index contributed by atoms with van der Waals surface area (Å²) >= 11 is 0. The van der Waals surface area contributed by atoms with Gasteiger partial charge in [0.25, 0.3) is 0 Å². The number of pyridine rings is 1. The van der Waals surface area contributed by atoms with E-state index in [0.717, 1.165) is 5.56 Å². The molecule has 0 aliphatic heterocycles. The van der Waals surface area contributed by atoms with Gasteiger partial charge in [0, 0.05) is 19.8 Å². The van der Waals surface area contributed by atoms with Gasteiger partial charge in [-0.25, -0.2) is 9.78 Å². The maximum Gasteiger partial charge on any atom is 0.573 e. The van der Waals surface area contributed by atoms with Crippen molar-refractivity contribution in [3.63, 3.8) is 0 Å². The van der Waals surface area contributed by atoms with Crippen LogP contribution in [0.1, 0.15) is 5.69 Å². The van der Waals surface area contributed by atoms with Crippen LogP contribution in [-0.2, 0) is 7.05 Å². The minimum atomic E-state index is -4.76. The van der Waals surface area contributed by atoms with E-state index in [1.807, 2.05) is 6.07 Å². The Morgan fingerprint density at radius 3 is 2.42 bits per heavy atom. The fraction of sp³-hybridized carbons (Fsp3) is 0.130. The Bertz CT molecular complexity index is 1440. The minimum absolute atomic E-state index is 0.188. The predicted molar refractivity (Wildman–Crippen MR) is 116 cm³/mol. The molecule has 10 heteroatoms. The van der Waals surface area contributed by atoms with E-state index >= 15 is 0 Å². The molecule has 0 N–H and O–H groups in total. The van der Waals surface area contributed by atoms with Crippen molar-refractivity contribution in [2.75, 3.05) is 11.9 Å². The van der Waals surface area contributed by atoms with Crippen LogP contribution in [0.15, 0.2) is 65.5 Å². The summed E-state index contributed by atoms with van der Waals surface area (Å²) in [7, 11) is 3.28. The van der Waals surface area contributed by atoms with Crippen LogP contribution in [0.25, 0.3) is 22.2 Å². The normalized spacial score (nSPS) is 11.3. The first-order valence-electron chi connectivity index (χ1n) is 9.64. The van der Waals surface area contributed by atoms with Gasteiger partial charge in [-0.1, -0.05) is 24.3 Å². The zero-order valence-corrected chi connectivity index (χ0v) is 17.5. The second-order valence-electron chi connectivity index (χ2n) is 7.13. The van der Waals surface area contributed by atoms with E-state index in [1.54, 1.807) is 49.3 Å². The van der Waals surface area contributed by atoms with Gasteiger partial charge in [-0.05, 0) is 47.5 Å². The van der Waals surface area contributed by atoms with Crippen molar-refractivity contribution >= 4 is 22.5 Å². The number of aryl methyl sites for hydroxylation is 1. The van der Waals surface area contributed by atoms with Gasteiger partial charge in [0.05, 0.1) is 5.52 Å². The molecule has 4 aromatic rings. The lowest BCUT2D eigenvalue weighted by molar-refractivity contribution is -0.274. The summed E-state index contributed by atoms with van der Waals surface area (Å²) in [5.41, 5.74) is 2.68. The third kappa shape index (κ3) is 4.48. The Morgan fingerprint density at radius 2 is 1.76 bits per heavy atom. The van der Waals surface area contributed by atoms with Crippen LogP contribution < -0.4 is 15.3 Å². The average molecular weight is 451 g/mol. The number of hydrogen-bond donors (Lipinski definition) is 0. The Balaban J connectivity index is 1.74. The molecule has 0 bridgehead atoms. The Hall–Kier alpha value is -4.39. The number of ether oxygens (including phenoxy) is 1. The fourth-order valence-electron chi connectivity index (χ4n) is 3.37. The van der Waals surface area contributed by atoms with Crippen LogP contribution in [0.3, 0.4) is 0 Å². The number of nitriles is 1. The molecule has 0 aliphatic rings. The molecule has 4 rings (SSSR count). The highest BCUT2D eigenvalue weighted by molar-refractivity contribution is 5.89. The maximum atomic E-state index is 12.4. The molecule has 0 fully saturated rings. The van der Waals surface area contributed by atoms with E-state index in [0.29, 0.717) is 22.3 Å². The quantitative estimate of drug-likeness (QED) is 0.453. The van der Waals surface area contributed by atoms with Crippen LogP contribution in [0.4, 0.5) is 24.7 Å². The van der Waals surface area contributed by atoms with Crippen LogP contribution >= 0.6 is 0 Å². The molecule has 2 aromatic heterocycles. The molecule has 2 heterocycles. The molecule has 33 heavy (non-hydrogen) atoms. The summed E-state index contributed by atoms with van der Waals surface area (Å²) in [6, 6.07) is 17.8. The van der Waals surface area contributed by atoms with Gasteiger partial charge < -0.3 is 9.64 Å². The SMILES string of the molecule is CN(c1cccc(-c2ccc(OC(F)(F)F)cc2)c1)c1nc(=O)n(C)c2ccc(C#N)nc12. The van der Waals surface area contributed by atoms with Gasteiger partial charge in [-0.3, -0.25) is 4.57 Å². The summed E-state index contributed by atoms with van der Waals surface area (Å²) in [5, 5.41) is 9.23. The molecule has 0 amide bonds. The van der Waals surface area contributed by atoms with Crippen LogP contribution in [0, 0.1) is 11.3 Å². The van der Waals surface area contributed by atoms with Crippen LogP contribution in [0.2, 0.25) is 0 Å². The van der Waals surface area contributed by atoms with E-state index in [9.17, 15) is 23.2 Å². The lowest BCUT2D eigenvalue weighted by Crippen LogP contribution is -2.25. The highest BCUT2D eigenvalue weighted by Gasteiger charge is 2.31. The number of alkyl halides is 3. The number of nitrogens with zero attached hydrogens (tertiary/aromatic N) is 5. The standard InChI is InChI=1S/C23H16F3N5O2/c1-30(21-20-19(31(2)22(32)29-21)11-8-16(13-27)28-20)17-5-3-4-15(12-17)14-6-9-18(10-7-14)33-23(24,25)26/h3-12H,1-2H3. The van der Waals surface area contributed by atoms with E-state index in [-0.39, 0.29) is 17.3 Å². The van der Waals surface area contributed by atoms with Gasteiger partial charge in [-0.15, -0.1) is 13.2 Å². The first kappa shape index (κ1) is 21.8. The number of rotatable bonds is 4. The Morgan fingerprint density at radius 1 is 1.03 bits per heavy atom. The van der Waals surface area contributed by atoms with Gasteiger partial charge in [0.2, 0.25) is 0 Å². The molecule has 0 saturated heterocycles. The molecule has 0 atom stereocenters. The third-order valence-corrected chi connectivity index (χ3v) is 5.02. The maximum absolute atomic E-state index is 12.4. The molecular weight excluding hydrogens is 435 g/mol. The largest absolute Gasteiger partial charge is 0.573 e. The van der Waals surface area contributed by atoms with Gasteiger partial charge in [0.15, 0.2) is 5.82 Å². The second kappa shape index (κ2) is 8.27. The number of hydrogen-bond acceptors (Lipinski definition) is 6. The number of aromatic nitrogens is 3. The lowest BCUT2D eigenvalue weighted by Gasteiger charge is -2.21. The van der Waals surface area contributed by atoms with Crippen LogP contribution in [0.5, 0.6) is 5.75 Å². The van der Waals surface area contributed by atoms with E-state index in [1.165, 1.54) is 34.9 Å². The molecule has 0 aliphatic carbocycles. The molecule has 166 valence electrons. The molecule has 0 unspecified atom stereocenters. The summed E-state index contributed by atoms with van der Waals surface area (Å²) < 4.78 is 42.5. The van der Waals surface area contributed by atoms with Crippen molar-refractivity contribution in [3.05, 3.63) is 76.8 Å². The molecule has 7 nitrogen and oxygen atoms in total. The summed E-state index contributed by atoms with van der Waals surface area (Å²) in [4.78, 5) is 22.5. The summed E-state index contributed by atoms with van der Waals surface area (Å²) in [6.45, 7) is 0. The molecule has 0 saturated carbocycles. The number of fused-ring (bicyclic) bond motifs is 1. The smallest absolute Gasteiger partial charge is 0.406 e. The minimum Gasteiger partial charge on any atom is -0.406 e. The van der Waals surface area contributed by atoms with Crippen molar-refractivity contribution in [3.8, 4) is 22.9 Å². The third-order valence-electron chi connectivity index (χ3n) is 5.02. The number of benzene rings is 2. The van der Waals surface area contributed by atoms with Crippen molar-refractivity contribution in [2.45, 2.75) is 6.36 Å². The van der Waals surface area contributed by atoms with Crippen molar-refractivity contribution < 1.29 is 17.9 Å². The zero-order valence-electron chi connectivity index (χ0n) is 17.5. The van der Waals surface area contributed by atoms with Gasteiger partial charge in [0.1, 0.15) is 23.0 Å². The van der Waals surface area contributed by atoms with Crippen LogP contribution in [-0.4, -0.2) is 27.9 Å². The average Bonchev–Trinajstić information content (AvgIpc) is 2.80. The molecule has 0 radical (unpaired) electrons. The first-order chi connectivity index (χ1) is 15.7. The van der Waals surface area contributed by atoms with E-state index < -0.39 is 12.1 Å². The first-order valence-corrected chi connectivity index (χ1v) is 9.64. The summed E-state index contributed by atoms with van der Waals surface area (Å²) in [6.07, 6.45) is -4.76. The topological polar surface area (TPSA) is 84.0 Å². The van der Waals surface area contributed by atoms with Gasteiger partial charge >= 0.3 is 12.1 Å². The lowest BCUT2D eigenvalue weighted by atomic mass is 10.0. The van der Waals surface area contributed by atoms with E-state index in [4.69, 9.17) is 0 Å².